The predicted molar refractivity (Wildman–Crippen MR) is 97.1 cm³/mol. The molecule has 3 rings (SSSR count). The molecule has 28 heavy (non-hydrogen) atoms. The number of aromatic hydroxyl groups is 1. The number of aliphatic carboxylic acids is 1. The van der Waals surface area contributed by atoms with Crippen molar-refractivity contribution in [2.75, 3.05) is 0 Å². The van der Waals surface area contributed by atoms with Gasteiger partial charge in [-0.3, -0.25) is 14.2 Å². The molecule has 0 aliphatic carbocycles. The molecule has 0 unspecified atom stereocenters. The van der Waals surface area contributed by atoms with Crippen molar-refractivity contribution in [1.29, 1.82) is 0 Å². The number of hydrogen-bond acceptors (Lipinski definition) is 4. The van der Waals surface area contributed by atoms with Gasteiger partial charge in [0, 0.05) is 23.1 Å². The molecule has 1 heterocycles. The van der Waals surface area contributed by atoms with E-state index in [-0.39, 0.29) is 29.9 Å². The highest BCUT2D eigenvalue weighted by Gasteiger charge is 2.21. The number of carboxylic acid groups (broad SMARTS) is 1. The highest BCUT2D eigenvalue weighted by molar-refractivity contribution is 6.04. The van der Waals surface area contributed by atoms with Crippen LogP contribution in [0.25, 0.3) is 10.9 Å². The monoisotopic (exact) mass is 389 g/mol. The average molecular weight is 389 g/mol. The fourth-order valence-electron chi connectivity index (χ4n) is 3.19. The molecule has 3 aromatic rings. The van der Waals surface area contributed by atoms with E-state index in [0.717, 1.165) is 0 Å². The van der Waals surface area contributed by atoms with Gasteiger partial charge in [0.15, 0.2) is 0 Å². The summed E-state index contributed by atoms with van der Waals surface area (Å²) in [6, 6.07) is 9.81. The Bertz CT molecular complexity index is 1040. The summed E-state index contributed by atoms with van der Waals surface area (Å²) in [5.41, 5.74) is 1.98. The van der Waals surface area contributed by atoms with Gasteiger partial charge < -0.3 is 14.9 Å². The van der Waals surface area contributed by atoms with Gasteiger partial charge in [-0.2, -0.15) is 8.78 Å². The number of aromatic nitrogens is 1. The van der Waals surface area contributed by atoms with Crippen molar-refractivity contribution >= 4 is 22.8 Å². The summed E-state index contributed by atoms with van der Waals surface area (Å²) in [6.07, 6.45) is 0.0754. The molecule has 8 heteroatoms. The first-order chi connectivity index (χ1) is 13.3. The fourth-order valence-corrected chi connectivity index (χ4v) is 3.19. The number of carbonyl (C=O) groups excluding carboxylic acids is 1. The lowest BCUT2D eigenvalue weighted by Gasteiger charge is -2.09. The molecule has 0 saturated carbocycles. The van der Waals surface area contributed by atoms with Gasteiger partial charge in [0.05, 0.1) is 5.52 Å². The standard InChI is InChI=1S/C20H17F2NO5/c1-11-15(7-9-18(25)26)16-10-13(24)4-8-17(16)23(11)19(27)12-2-5-14(6-3-12)28-20(21)22/h2-6,8,10,20,24H,7,9H2,1H3,(H,25,26). The number of alkyl halides is 2. The minimum Gasteiger partial charge on any atom is -0.508 e. The number of carbonyl (C=O) groups is 2. The predicted octanol–water partition coefficient (Wildman–Crippen LogP) is 3.96. The molecule has 146 valence electrons. The Morgan fingerprint density at radius 3 is 2.43 bits per heavy atom. The highest BCUT2D eigenvalue weighted by Crippen LogP contribution is 2.31. The molecular weight excluding hydrogens is 372 g/mol. The van der Waals surface area contributed by atoms with Crippen LogP contribution in [0.3, 0.4) is 0 Å². The molecule has 0 bridgehead atoms. The molecule has 0 saturated heterocycles. The van der Waals surface area contributed by atoms with Crippen LogP contribution in [0.1, 0.15) is 28.0 Å². The van der Waals surface area contributed by atoms with Gasteiger partial charge in [-0.1, -0.05) is 0 Å². The fraction of sp³-hybridized carbons (Fsp3) is 0.200. The lowest BCUT2D eigenvalue weighted by molar-refractivity contribution is -0.136. The summed E-state index contributed by atoms with van der Waals surface area (Å²) in [7, 11) is 0. The van der Waals surface area contributed by atoms with Gasteiger partial charge in [0.2, 0.25) is 0 Å². The normalized spacial score (nSPS) is 11.1. The molecule has 0 atom stereocenters. The molecule has 2 aromatic carbocycles. The zero-order chi connectivity index (χ0) is 20.4. The Balaban J connectivity index is 2.05. The molecule has 6 nitrogen and oxygen atoms in total. The molecule has 0 spiro atoms. The number of phenols is 1. The summed E-state index contributed by atoms with van der Waals surface area (Å²) in [5.74, 6) is -1.44. The Hall–Kier alpha value is -3.42. The quantitative estimate of drug-likeness (QED) is 0.666. The number of carboxylic acids is 1. The van der Waals surface area contributed by atoms with Crippen molar-refractivity contribution in [3.05, 3.63) is 59.3 Å². The first kappa shape index (κ1) is 19.3. The van der Waals surface area contributed by atoms with Gasteiger partial charge in [0.25, 0.3) is 5.91 Å². The summed E-state index contributed by atoms with van der Waals surface area (Å²) in [5, 5.41) is 19.4. The third kappa shape index (κ3) is 3.80. The Labute approximate surface area is 158 Å². The third-order valence-corrected chi connectivity index (χ3v) is 4.44. The largest absolute Gasteiger partial charge is 0.508 e. The Morgan fingerprint density at radius 1 is 1.14 bits per heavy atom. The van der Waals surface area contributed by atoms with E-state index < -0.39 is 18.5 Å². The summed E-state index contributed by atoms with van der Waals surface area (Å²) in [4.78, 5) is 24.0. The van der Waals surface area contributed by atoms with Crippen LogP contribution in [0.4, 0.5) is 8.78 Å². The Morgan fingerprint density at radius 2 is 1.82 bits per heavy atom. The summed E-state index contributed by atoms with van der Waals surface area (Å²) >= 11 is 0. The van der Waals surface area contributed by atoms with E-state index in [1.165, 1.54) is 41.0 Å². The number of benzene rings is 2. The van der Waals surface area contributed by atoms with E-state index in [9.17, 15) is 23.5 Å². The SMILES string of the molecule is Cc1c(CCC(=O)O)c2cc(O)ccc2n1C(=O)c1ccc(OC(F)F)cc1. The first-order valence-corrected chi connectivity index (χ1v) is 8.42. The van der Waals surface area contributed by atoms with Crippen molar-refractivity contribution in [3.8, 4) is 11.5 Å². The third-order valence-electron chi connectivity index (χ3n) is 4.44. The number of phenolic OH excluding ortho intramolecular Hbond substituents is 1. The second-order valence-electron chi connectivity index (χ2n) is 6.20. The van der Waals surface area contributed by atoms with Crippen molar-refractivity contribution in [2.24, 2.45) is 0 Å². The maximum Gasteiger partial charge on any atom is 0.387 e. The second-order valence-corrected chi connectivity index (χ2v) is 6.20. The van der Waals surface area contributed by atoms with E-state index >= 15 is 0 Å². The number of halogens is 2. The van der Waals surface area contributed by atoms with Crippen LogP contribution in [0.5, 0.6) is 11.5 Å². The van der Waals surface area contributed by atoms with E-state index in [2.05, 4.69) is 4.74 Å². The minimum atomic E-state index is -2.96. The topological polar surface area (TPSA) is 88.8 Å². The number of aryl methyl sites for hydroxylation is 1. The van der Waals surface area contributed by atoms with Gasteiger partial charge in [0.1, 0.15) is 11.5 Å². The van der Waals surface area contributed by atoms with Crippen molar-refractivity contribution in [2.45, 2.75) is 26.4 Å². The second kappa shape index (κ2) is 7.67. The minimum absolute atomic E-state index is 0.00201. The zero-order valence-electron chi connectivity index (χ0n) is 14.9. The molecule has 0 amide bonds. The van der Waals surface area contributed by atoms with E-state index in [0.29, 0.717) is 22.2 Å². The average Bonchev–Trinajstić information content (AvgIpc) is 2.90. The van der Waals surface area contributed by atoms with Gasteiger partial charge in [-0.15, -0.1) is 0 Å². The van der Waals surface area contributed by atoms with Crippen molar-refractivity contribution < 1.29 is 33.3 Å². The number of ether oxygens (including phenoxy) is 1. The molecule has 0 radical (unpaired) electrons. The van der Waals surface area contributed by atoms with E-state index in [1.807, 2.05) is 0 Å². The zero-order valence-corrected chi connectivity index (χ0v) is 14.9. The van der Waals surface area contributed by atoms with Crippen LogP contribution >= 0.6 is 0 Å². The maximum atomic E-state index is 13.0. The number of rotatable bonds is 6. The van der Waals surface area contributed by atoms with Crippen molar-refractivity contribution in [1.82, 2.24) is 4.57 Å². The highest BCUT2D eigenvalue weighted by atomic mass is 19.3. The van der Waals surface area contributed by atoms with Gasteiger partial charge >= 0.3 is 12.6 Å². The van der Waals surface area contributed by atoms with Crippen LogP contribution in [-0.2, 0) is 11.2 Å². The lowest BCUT2D eigenvalue weighted by Crippen LogP contribution is -2.14. The molecule has 1 aromatic heterocycles. The van der Waals surface area contributed by atoms with Crippen LogP contribution < -0.4 is 4.74 Å². The van der Waals surface area contributed by atoms with Crippen LogP contribution in [0.15, 0.2) is 42.5 Å². The summed E-state index contributed by atoms with van der Waals surface area (Å²) < 4.78 is 30.3. The van der Waals surface area contributed by atoms with Crippen molar-refractivity contribution in [3.63, 3.8) is 0 Å². The van der Waals surface area contributed by atoms with E-state index in [4.69, 9.17) is 5.11 Å². The van der Waals surface area contributed by atoms with E-state index in [1.54, 1.807) is 13.0 Å². The van der Waals surface area contributed by atoms with Crippen LogP contribution in [0, 0.1) is 6.92 Å². The molecule has 0 aliphatic rings. The smallest absolute Gasteiger partial charge is 0.387 e. The first-order valence-electron chi connectivity index (χ1n) is 8.42. The van der Waals surface area contributed by atoms with Crippen LogP contribution in [0.2, 0.25) is 0 Å². The molecule has 0 aliphatic heterocycles. The van der Waals surface area contributed by atoms with Gasteiger partial charge in [-0.25, -0.2) is 0 Å². The lowest BCUT2D eigenvalue weighted by atomic mass is 10.1. The number of nitrogens with zero attached hydrogens (tertiary/aromatic N) is 1. The molecule has 2 N–H and O–H groups in total. The molecule has 0 fully saturated rings. The summed E-state index contributed by atoms with van der Waals surface area (Å²) in [6.45, 7) is -1.26. The number of hydrogen-bond donors (Lipinski definition) is 2. The number of fused-ring (bicyclic) bond motifs is 1. The van der Waals surface area contributed by atoms with Gasteiger partial charge in [-0.05, 0) is 61.4 Å². The maximum absolute atomic E-state index is 13.0. The molecular formula is C20H17F2NO5. The Kier molecular flexibility index (Phi) is 5.30. The van der Waals surface area contributed by atoms with Crippen LogP contribution in [-0.4, -0.2) is 33.3 Å².